The van der Waals surface area contributed by atoms with Gasteiger partial charge in [0.25, 0.3) is 0 Å². The number of alkyl halides is 3. The highest BCUT2D eigenvalue weighted by Crippen LogP contribution is 2.24. The lowest BCUT2D eigenvalue weighted by Gasteiger charge is -2.13. The second kappa shape index (κ2) is 6.07. The molecule has 0 saturated carbocycles. The van der Waals surface area contributed by atoms with Crippen molar-refractivity contribution in [3.63, 3.8) is 0 Å². The van der Waals surface area contributed by atoms with Crippen LogP contribution in [0.15, 0.2) is 12.1 Å². The first-order valence-electron chi connectivity index (χ1n) is 6.00. The maximum absolute atomic E-state index is 12.0. The zero-order valence-electron chi connectivity index (χ0n) is 10.8. The van der Waals surface area contributed by atoms with Crippen LogP contribution in [0.5, 0.6) is 5.75 Å². The van der Waals surface area contributed by atoms with Crippen LogP contribution in [0, 0.1) is 6.92 Å². The molecule has 1 aromatic rings. The molecule has 2 nitrogen and oxygen atoms in total. The van der Waals surface area contributed by atoms with Crippen molar-refractivity contribution < 1.29 is 17.9 Å². The SMILES string of the molecule is CCC(C)c1ccc(OCCC(F)(F)F)c(C)n1. The van der Waals surface area contributed by atoms with Crippen molar-refractivity contribution in [2.45, 2.75) is 45.7 Å². The van der Waals surface area contributed by atoms with Crippen molar-refractivity contribution in [2.75, 3.05) is 6.61 Å². The number of hydrogen-bond donors (Lipinski definition) is 0. The van der Waals surface area contributed by atoms with E-state index in [1.807, 2.05) is 6.07 Å². The van der Waals surface area contributed by atoms with E-state index in [1.165, 1.54) is 0 Å². The monoisotopic (exact) mass is 261 g/mol. The van der Waals surface area contributed by atoms with Gasteiger partial charge in [0.2, 0.25) is 0 Å². The number of rotatable bonds is 5. The number of nitrogens with zero attached hydrogens (tertiary/aromatic N) is 1. The van der Waals surface area contributed by atoms with Crippen molar-refractivity contribution in [3.8, 4) is 5.75 Å². The van der Waals surface area contributed by atoms with Crippen LogP contribution in [0.1, 0.15) is 44.0 Å². The summed E-state index contributed by atoms with van der Waals surface area (Å²) in [6, 6.07) is 3.50. The second-order valence-electron chi connectivity index (χ2n) is 4.34. The van der Waals surface area contributed by atoms with Gasteiger partial charge in [0, 0.05) is 5.69 Å². The molecule has 1 heterocycles. The van der Waals surface area contributed by atoms with E-state index in [0.717, 1.165) is 12.1 Å². The Labute approximate surface area is 105 Å². The van der Waals surface area contributed by atoms with Crippen LogP contribution in [-0.4, -0.2) is 17.8 Å². The van der Waals surface area contributed by atoms with E-state index >= 15 is 0 Å². The van der Waals surface area contributed by atoms with Gasteiger partial charge in [-0.25, -0.2) is 0 Å². The third kappa shape index (κ3) is 4.55. The average molecular weight is 261 g/mol. The summed E-state index contributed by atoms with van der Waals surface area (Å²) in [5.74, 6) is 0.763. The van der Waals surface area contributed by atoms with Gasteiger partial charge in [-0.3, -0.25) is 4.98 Å². The number of pyridine rings is 1. The maximum atomic E-state index is 12.0. The lowest BCUT2D eigenvalue weighted by atomic mass is 10.0. The first-order chi connectivity index (χ1) is 8.33. The standard InChI is InChI=1S/C13H18F3NO/c1-4-9(2)11-5-6-12(10(3)17-11)18-8-7-13(14,15)16/h5-6,9H,4,7-8H2,1-3H3. The van der Waals surface area contributed by atoms with Gasteiger partial charge in [-0.05, 0) is 31.4 Å². The van der Waals surface area contributed by atoms with Crippen LogP contribution < -0.4 is 4.74 Å². The number of ether oxygens (including phenoxy) is 1. The summed E-state index contributed by atoms with van der Waals surface area (Å²) in [5, 5.41) is 0. The lowest BCUT2D eigenvalue weighted by Crippen LogP contribution is -2.13. The molecule has 5 heteroatoms. The maximum Gasteiger partial charge on any atom is 0.392 e. The van der Waals surface area contributed by atoms with Gasteiger partial charge in [-0.1, -0.05) is 13.8 Å². The number of halogens is 3. The number of hydrogen-bond acceptors (Lipinski definition) is 2. The van der Waals surface area contributed by atoms with Crippen LogP contribution in [0.3, 0.4) is 0 Å². The van der Waals surface area contributed by atoms with E-state index in [1.54, 1.807) is 13.0 Å². The molecular formula is C13H18F3NO. The van der Waals surface area contributed by atoms with E-state index in [-0.39, 0.29) is 6.61 Å². The fraction of sp³-hybridized carbons (Fsp3) is 0.615. The predicted molar refractivity (Wildman–Crippen MR) is 63.8 cm³/mol. The number of aryl methyl sites for hydroxylation is 1. The van der Waals surface area contributed by atoms with E-state index in [4.69, 9.17) is 4.74 Å². The molecule has 0 fully saturated rings. The van der Waals surface area contributed by atoms with Gasteiger partial charge in [-0.2, -0.15) is 13.2 Å². The minimum absolute atomic E-state index is 0.341. The summed E-state index contributed by atoms with van der Waals surface area (Å²) in [5.41, 5.74) is 1.58. The summed E-state index contributed by atoms with van der Waals surface area (Å²) >= 11 is 0. The largest absolute Gasteiger partial charge is 0.491 e. The molecule has 0 N–H and O–H groups in total. The Kier molecular flexibility index (Phi) is 4.99. The molecular weight excluding hydrogens is 243 g/mol. The molecule has 0 amide bonds. The fourth-order valence-corrected chi connectivity index (χ4v) is 1.48. The van der Waals surface area contributed by atoms with Gasteiger partial charge in [-0.15, -0.1) is 0 Å². The summed E-state index contributed by atoms with van der Waals surface area (Å²) in [6.45, 7) is 5.50. The molecule has 0 aliphatic carbocycles. The minimum Gasteiger partial charge on any atom is -0.491 e. The Morgan fingerprint density at radius 3 is 2.50 bits per heavy atom. The Morgan fingerprint density at radius 2 is 2.00 bits per heavy atom. The molecule has 18 heavy (non-hydrogen) atoms. The van der Waals surface area contributed by atoms with Crippen LogP contribution in [0.25, 0.3) is 0 Å². The molecule has 0 aliphatic heterocycles. The summed E-state index contributed by atoms with van der Waals surface area (Å²) in [7, 11) is 0. The molecule has 1 rings (SSSR count). The number of aromatic nitrogens is 1. The molecule has 0 radical (unpaired) electrons. The van der Waals surface area contributed by atoms with E-state index in [9.17, 15) is 13.2 Å². The van der Waals surface area contributed by atoms with Gasteiger partial charge in [0.15, 0.2) is 0 Å². The highest BCUT2D eigenvalue weighted by molar-refractivity contribution is 5.29. The molecule has 0 saturated heterocycles. The summed E-state index contributed by atoms with van der Waals surface area (Å²) < 4.78 is 41.0. The van der Waals surface area contributed by atoms with Crippen LogP contribution in [0.2, 0.25) is 0 Å². The van der Waals surface area contributed by atoms with Gasteiger partial charge < -0.3 is 4.74 Å². The summed E-state index contributed by atoms with van der Waals surface area (Å²) in [6.07, 6.45) is -4.15. The highest BCUT2D eigenvalue weighted by atomic mass is 19.4. The van der Waals surface area contributed by atoms with Crippen molar-refractivity contribution in [2.24, 2.45) is 0 Å². The lowest BCUT2D eigenvalue weighted by molar-refractivity contribution is -0.139. The zero-order chi connectivity index (χ0) is 13.8. The molecule has 0 aliphatic rings. The minimum atomic E-state index is -4.18. The van der Waals surface area contributed by atoms with Gasteiger partial charge in [0.05, 0.1) is 18.7 Å². The third-order valence-electron chi connectivity index (χ3n) is 2.82. The molecule has 0 aromatic carbocycles. The average Bonchev–Trinajstić information content (AvgIpc) is 2.28. The van der Waals surface area contributed by atoms with Crippen molar-refractivity contribution in [1.82, 2.24) is 4.98 Å². The highest BCUT2D eigenvalue weighted by Gasteiger charge is 2.27. The topological polar surface area (TPSA) is 22.1 Å². The van der Waals surface area contributed by atoms with E-state index in [2.05, 4.69) is 18.8 Å². The van der Waals surface area contributed by atoms with Gasteiger partial charge in [0.1, 0.15) is 5.75 Å². The van der Waals surface area contributed by atoms with Crippen LogP contribution in [0.4, 0.5) is 13.2 Å². The first-order valence-corrected chi connectivity index (χ1v) is 6.00. The van der Waals surface area contributed by atoms with Crippen molar-refractivity contribution in [1.29, 1.82) is 0 Å². The predicted octanol–water partition coefficient (Wildman–Crippen LogP) is 4.23. The van der Waals surface area contributed by atoms with Gasteiger partial charge >= 0.3 is 6.18 Å². The Balaban J connectivity index is 2.63. The van der Waals surface area contributed by atoms with Crippen molar-refractivity contribution in [3.05, 3.63) is 23.5 Å². The van der Waals surface area contributed by atoms with Crippen molar-refractivity contribution >= 4 is 0 Å². The molecule has 1 aromatic heterocycles. The smallest absolute Gasteiger partial charge is 0.392 e. The quantitative estimate of drug-likeness (QED) is 0.791. The van der Waals surface area contributed by atoms with E-state index in [0.29, 0.717) is 17.4 Å². The van der Waals surface area contributed by atoms with Crippen LogP contribution >= 0.6 is 0 Å². The second-order valence-corrected chi connectivity index (χ2v) is 4.34. The third-order valence-corrected chi connectivity index (χ3v) is 2.82. The molecule has 1 unspecified atom stereocenters. The normalized spacial score (nSPS) is 13.4. The first kappa shape index (κ1) is 14.8. The Bertz CT molecular complexity index is 390. The van der Waals surface area contributed by atoms with E-state index < -0.39 is 12.6 Å². The van der Waals surface area contributed by atoms with Crippen LogP contribution in [-0.2, 0) is 0 Å². The fourth-order valence-electron chi connectivity index (χ4n) is 1.48. The molecule has 0 spiro atoms. The Morgan fingerprint density at radius 1 is 1.33 bits per heavy atom. The molecule has 0 bridgehead atoms. The molecule has 1 atom stereocenters. The molecule has 102 valence electrons. The Hall–Kier alpha value is -1.26. The zero-order valence-corrected chi connectivity index (χ0v) is 10.8. The summed E-state index contributed by atoms with van der Waals surface area (Å²) in [4.78, 5) is 4.35.